The molecular weight excluding hydrogens is 300 g/mol. The minimum absolute atomic E-state index is 0.0555. The quantitative estimate of drug-likeness (QED) is 0.799. The van der Waals surface area contributed by atoms with Crippen LogP contribution in [0.5, 0.6) is 0 Å². The second-order valence-electron chi connectivity index (χ2n) is 8.03. The number of carbonyl (C=O) groups excluding carboxylic acids is 3. The molecule has 0 aromatic carbocycles. The van der Waals surface area contributed by atoms with Crippen molar-refractivity contribution in [2.45, 2.75) is 71.6 Å². The monoisotopic (exact) mass is 328 g/mol. The number of ketones is 1. The molecule has 1 aliphatic rings. The van der Waals surface area contributed by atoms with Crippen molar-refractivity contribution in [3.63, 3.8) is 0 Å². The van der Waals surface area contributed by atoms with E-state index < -0.39 is 28.9 Å². The summed E-state index contributed by atoms with van der Waals surface area (Å²) in [5.41, 5.74) is -2.46. The lowest BCUT2D eigenvalue weighted by atomic mass is 9.90. The summed E-state index contributed by atoms with van der Waals surface area (Å²) in [6.45, 7) is 12.5. The largest absolute Gasteiger partial charge is 0.444 e. The predicted octanol–water partition coefficient (Wildman–Crippen LogP) is 2.48. The summed E-state index contributed by atoms with van der Waals surface area (Å²) in [4.78, 5) is 37.8. The molecule has 1 heterocycles. The van der Waals surface area contributed by atoms with Crippen molar-refractivity contribution in [3.05, 3.63) is 0 Å². The van der Waals surface area contributed by atoms with E-state index >= 15 is 0 Å². The van der Waals surface area contributed by atoms with E-state index in [9.17, 15) is 14.4 Å². The van der Waals surface area contributed by atoms with Crippen LogP contribution in [0.25, 0.3) is 0 Å². The maximum Gasteiger partial charge on any atom is 0.410 e. The van der Waals surface area contributed by atoms with E-state index in [-0.39, 0.29) is 25.3 Å². The molecule has 1 rings (SSSR count). The lowest BCUT2D eigenvalue weighted by Crippen LogP contribution is -2.63. The molecule has 7 heteroatoms. The molecule has 0 spiro atoms. The Bertz CT molecular complexity index is 490. The van der Waals surface area contributed by atoms with Gasteiger partial charge in [0.2, 0.25) is 0 Å². The molecule has 1 N–H and O–H groups in total. The van der Waals surface area contributed by atoms with Gasteiger partial charge in [0, 0.05) is 13.0 Å². The highest BCUT2D eigenvalue weighted by Crippen LogP contribution is 2.21. The second-order valence-corrected chi connectivity index (χ2v) is 8.03. The molecule has 1 unspecified atom stereocenters. The van der Waals surface area contributed by atoms with Crippen LogP contribution in [0, 0.1) is 0 Å². The predicted molar refractivity (Wildman–Crippen MR) is 85.2 cm³/mol. The van der Waals surface area contributed by atoms with Gasteiger partial charge in [0.1, 0.15) is 16.7 Å². The summed E-state index contributed by atoms with van der Waals surface area (Å²) >= 11 is 0. The van der Waals surface area contributed by atoms with Gasteiger partial charge in [-0.25, -0.2) is 9.59 Å². The molecule has 1 aliphatic heterocycles. The Morgan fingerprint density at radius 2 is 1.61 bits per heavy atom. The van der Waals surface area contributed by atoms with Crippen LogP contribution in [0.4, 0.5) is 9.59 Å². The molecule has 1 saturated heterocycles. The topological polar surface area (TPSA) is 84.9 Å². The summed E-state index contributed by atoms with van der Waals surface area (Å²) in [7, 11) is 0. The molecule has 23 heavy (non-hydrogen) atoms. The minimum atomic E-state index is -1.18. The Morgan fingerprint density at radius 1 is 1.09 bits per heavy atom. The van der Waals surface area contributed by atoms with Crippen LogP contribution in [0.15, 0.2) is 0 Å². The molecule has 1 atom stereocenters. The van der Waals surface area contributed by atoms with Crippen molar-refractivity contribution < 1.29 is 23.9 Å². The van der Waals surface area contributed by atoms with E-state index in [2.05, 4.69) is 5.32 Å². The van der Waals surface area contributed by atoms with Crippen LogP contribution < -0.4 is 5.32 Å². The number of likely N-dealkylation sites (tertiary alicyclic amines) is 1. The Kier molecular flexibility index (Phi) is 5.34. The third kappa shape index (κ3) is 6.08. The number of piperidine rings is 1. The number of nitrogens with one attached hydrogen (secondary N) is 1. The summed E-state index contributed by atoms with van der Waals surface area (Å²) in [6, 6.07) is 0. The maximum atomic E-state index is 12.2. The molecule has 0 aliphatic carbocycles. The second kappa shape index (κ2) is 6.37. The van der Waals surface area contributed by atoms with E-state index in [0.717, 1.165) is 0 Å². The molecule has 0 bridgehead atoms. The molecule has 1 fully saturated rings. The third-order valence-electron chi connectivity index (χ3n) is 3.16. The van der Waals surface area contributed by atoms with Gasteiger partial charge in [-0.3, -0.25) is 4.79 Å². The van der Waals surface area contributed by atoms with Crippen molar-refractivity contribution >= 4 is 18.0 Å². The highest BCUT2D eigenvalue weighted by atomic mass is 16.6. The normalized spacial score (nSPS) is 22.6. The van der Waals surface area contributed by atoms with Crippen LogP contribution >= 0.6 is 0 Å². The number of hydrogen-bond acceptors (Lipinski definition) is 5. The third-order valence-corrected chi connectivity index (χ3v) is 3.16. The van der Waals surface area contributed by atoms with E-state index in [4.69, 9.17) is 9.47 Å². The number of carbonyl (C=O) groups is 3. The molecule has 132 valence electrons. The molecule has 2 amide bonds. The first kappa shape index (κ1) is 19.3. The van der Waals surface area contributed by atoms with Gasteiger partial charge in [0.25, 0.3) is 0 Å². The van der Waals surface area contributed by atoms with Crippen molar-refractivity contribution in [1.29, 1.82) is 0 Å². The lowest BCUT2D eigenvalue weighted by Gasteiger charge is -2.40. The van der Waals surface area contributed by atoms with Gasteiger partial charge < -0.3 is 19.7 Å². The van der Waals surface area contributed by atoms with Gasteiger partial charge in [-0.15, -0.1) is 0 Å². The summed E-state index contributed by atoms with van der Waals surface area (Å²) in [5.74, 6) is -0.136. The Labute approximate surface area is 137 Å². The molecule has 7 nitrogen and oxygen atoms in total. The number of rotatable bonds is 1. The van der Waals surface area contributed by atoms with Crippen molar-refractivity contribution in [2.24, 2.45) is 0 Å². The van der Waals surface area contributed by atoms with Gasteiger partial charge in [0.15, 0.2) is 5.78 Å². The van der Waals surface area contributed by atoms with Gasteiger partial charge in [0.05, 0.1) is 6.54 Å². The highest BCUT2D eigenvalue weighted by molar-refractivity contribution is 5.93. The molecule has 0 saturated carbocycles. The number of Topliss-reactive ketones (excluding diaryl/α,β-unsaturated/α-hetero) is 1. The Balaban J connectivity index is 2.78. The first-order chi connectivity index (χ1) is 10.2. The summed E-state index contributed by atoms with van der Waals surface area (Å²) in [5, 5.41) is 2.59. The zero-order chi connectivity index (χ0) is 18.1. The standard InChI is InChI=1S/C16H28N2O5/c1-14(2,3)22-12(20)17-16(7)10-18(9-8-11(16)19)13(21)23-15(4,5)6/h8-10H2,1-7H3,(H,17,20). The maximum absolute atomic E-state index is 12.2. The number of amides is 2. The fourth-order valence-electron chi connectivity index (χ4n) is 2.18. The first-order valence-electron chi connectivity index (χ1n) is 7.74. The number of ether oxygens (including phenoxy) is 2. The SMILES string of the molecule is CC(C)(C)OC(=O)NC1(C)CN(C(=O)OC(C)(C)C)CCC1=O. The smallest absolute Gasteiger partial charge is 0.410 e. The average Bonchev–Trinajstić information content (AvgIpc) is 2.27. The number of alkyl carbamates (subject to hydrolysis) is 1. The van der Waals surface area contributed by atoms with Crippen LogP contribution in [-0.2, 0) is 14.3 Å². The Hall–Kier alpha value is -1.79. The molecule has 0 aromatic heterocycles. The van der Waals surface area contributed by atoms with Crippen molar-refractivity contribution in [2.75, 3.05) is 13.1 Å². The van der Waals surface area contributed by atoms with Crippen molar-refractivity contribution in [1.82, 2.24) is 10.2 Å². The molecule has 0 radical (unpaired) electrons. The Morgan fingerprint density at radius 3 is 2.09 bits per heavy atom. The minimum Gasteiger partial charge on any atom is -0.444 e. The van der Waals surface area contributed by atoms with Crippen LogP contribution in [-0.4, -0.2) is 52.7 Å². The average molecular weight is 328 g/mol. The highest BCUT2D eigenvalue weighted by Gasteiger charge is 2.43. The van der Waals surface area contributed by atoms with E-state index in [0.29, 0.717) is 0 Å². The van der Waals surface area contributed by atoms with Crippen molar-refractivity contribution in [3.8, 4) is 0 Å². The van der Waals surface area contributed by atoms with E-state index in [1.165, 1.54) is 4.90 Å². The zero-order valence-corrected chi connectivity index (χ0v) is 15.1. The summed E-state index contributed by atoms with van der Waals surface area (Å²) < 4.78 is 10.5. The molecule has 0 aromatic rings. The fraction of sp³-hybridized carbons (Fsp3) is 0.812. The van der Waals surface area contributed by atoms with E-state index in [1.807, 2.05) is 0 Å². The van der Waals surface area contributed by atoms with E-state index in [1.54, 1.807) is 48.5 Å². The lowest BCUT2D eigenvalue weighted by molar-refractivity contribution is -0.128. The van der Waals surface area contributed by atoms with Gasteiger partial charge in [-0.1, -0.05) is 0 Å². The summed E-state index contributed by atoms with van der Waals surface area (Å²) in [6.07, 6.45) is -1.02. The van der Waals surface area contributed by atoms with Gasteiger partial charge in [-0.05, 0) is 48.5 Å². The number of hydrogen-bond donors (Lipinski definition) is 1. The number of nitrogens with zero attached hydrogens (tertiary/aromatic N) is 1. The van der Waals surface area contributed by atoms with Gasteiger partial charge >= 0.3 is 12.2 Å². The zero-order valence-electron chi connectivity index (χ0n) is 15.1. The first-order valence-corrected chi connectivity index (χ1v) is 7.74. The molecular formula is C16H28N2O5. The van der Waals surface area contributed by atoms with Crippen LogP contribution in [0.1, 0.15) is 54.9 Å². The van der Waals surface area contributed by atoms with Crippen LogP contribution in [0.3, 0.4) is 0 Å². The fourth-order valence-corrected chi connectivity index (χ4v) is 2.18. The van der Waals surface area contributed by atoms with Crippen LogP contribution in [0.2, 0.25) is 0 Å². The van der Waals surface area contributed by atoms with Gasteiger partial charge in [-0.2, -0.15) is 0 Å².